The molecule has 0 unspecified atom stereocenters. The first kappa shape index (κ1) is 11.0. The van der Waals surface area contributed by atoms with Crippen molar-refractivity contribution >= 4 is 11.8 Å². The van der Waals surface area contributed by atoms with Gasteiger partial charge in [0.15, 0.2) is 5.16 Å². The van der Waals surface area contributed by atoms with Gasteiger partial charge in [-0.3, -0.25) is 19.4 Å². The number of hydrogen-bond acceptors (Lipinski definition) is 5. The van der Waals surface area contributed by atoms with Crippen molar-refractivity contribution in [1.82, 2.24) is 14.8 Å². The van der Waals surface area contributed by atoms with Crippen LogP contribution >= 0.6 is 11.8 Å². The molecule has 0 bridgehead atoms. The minimum Gasteiger partial charge on any atom is -0.330 e. The average molecular weight is 216 g/mol. The molecule has 6 nitrogen and oxygen atoms in total. The Bertz CT molecular complexity index is 411. The van der Waals surface area contributed by atoms with E-state index in [-0.39, 0.29) is 0 Å². The maximum Gasteiger partial charge on any atom is 0.339 e. The lowest BCUT2D eigenvalue weighted by molar-refractivity contribution is 0.596. The smallest absolute Gasteiger partial charge is 0.330 e. The lowest BCUT2D eigenvalue weighted by atomic mass is 10.5. The summed E-state index contributed by atoms with van der Waals surface area (Å²) in [5, 5.41) is 2.87. The molecule has 0 saturated heterocycles. The molecule has 0 saturated carbocycles. The van der Waals surface area contributed by atoms with Crippen LogP contribution in [0.3, 0.4) is 0 Å². The van der Waals surface area contributed by atoms with E-state index in [0.717, 1.165) is 12.2 Å². The number of H-pyrrole nitrogens is 1. The molecule has 1 aromatic heterocycles. The maximum absolute atomic E-state index is 10.9. The monoisotopic (exact) mass is 216 g/mol. The van der Waals surface area contributed by atoms with E-state index in [1.165, 1.54) is 16.4 Å². The predicted molar refractivity (Wildman–Crippen MR) is 54.5 cm³/mol. The van der Waals surface area contributed by atoms with Crippen molar-refractivity contribution in [3.05, 3.63) is 20.7 Å². The zero-order valence-electron chi connectivity index (χ0n) is 7.82. The van der Waals surface area contributed by atoms with Gasteiger partial charge in [-0.1, -0.05) is 11.8 Å². The highest BCUT2D eigenvalue weighted by Gasteiger charge is 2.03. The Morgan fingerprint density at radius 3 is 2.93 bits per heavy atom. The molecule has 0 aliphatic carbocycles. The zero-order chi connectivity index (χ0) is 10.6. The van der Waals surface area contributed by atoms with Crippen LogP contribution in [0.15, 0.2) is 14.7 Å². The number of nitrogens with one attached hydrogen (secondary N) is 1. The molecule has 0 amide bonds. The molecule has 3 N–H and O–H groups in total. The summed E-state index contributed by atoms with van der Waals surface area (Å²) in [4.78, 5) is 25.4. The molecule has 7 heteroatoms. The lowest BCUT2D eigenvalue weighted by Gasteiger charge is -2.04. The molecule has 0 spiro atoms. The first-order chi connectivity index (χ1) is 6.65. The fourth-order valence-electron chi connectivity index (χ4n) is 0.836. The predicted octanol–water partition coefficient (Wildman–Crippen LogP) is -1.09. The molecule has 1 rings (SSSR count). The van der Waals surface area contributed by atoms with Gasteiger partial charge in [-0.2, -0.15) is 4.98 Å². The Kier molecular flexibility index (Phi) is 3.90. The molecule has 1 heterocycles. The maximum atomic E-state index is 10.9. The Labute approximate surface area is 84.5 Å². The van der Waals surface area contributed by atoms with E-state index in [4.69, 9.17) is 5.73 Å². The highest BCUT2D eigenvalue weighted by molar-refractivity contribution is 7.99. The van der Waals surface area contributed by atoms with Crippen molar-refractivity contribution in [3.8, 4) is 0 Å². The van der Waals surface area contributed by atoms with E-state index in [0.29, 0.717) is 11.7 Å². The van der Waals surface area contributed by atoms with Gasteiger partial charge in [-0.05, 0) is 13.0 Å². The van der Waals surface area contributed by atoms with Crippen LogP contribution in [-0.4, -0.2) is 27.1 Å². The summed E-state index contributed by atoms with van der Waals surface area (Å²) >= 11 is 1.40. The molecule has 0 aliphatic heterocycles. The van der Waals surface area contributed by atoms with Gasteiger partial charge < -0.3 is 5.73 Å². The minimum absolute atomic E-state index is 0.503. The quantitative estimate of drug-likeness (QED) is 0.379. The molecule has 0 aliphatic rings. The van der Waals surface area contributed by atoms with Crippen LogP contribution in [0.25, 0.3) is 0 Å². The van der Waals surface area contributed by atoms with Crippen molar-refractivity contribution in [3.63, 3.8) is 0 Å². The summed E-state index contributed by atoms with van der Waals surface area (Å²) in [6, 6.07) is 0. The van der Waals surface area contributed by atoms with Crippen LogP contribution in [-0.2, 0) is 7.05 Å². The molecular weight excluding hydrogens is 204 g/mol. The summed E-state index contributed by atoms with van der Waals surface area (Å²) in [7, 11) is 1.64. The zero-order valence-corrected chi connectivity index (χ0v) is 8.63. The van der Waals surface area contributed by atoms with E-state index >= 15 is 0 Å². The highest BCUT2D eigenvalue weighted by Crippen LogP contribution is 2.11. The SMILES string of the molecule is Cn1[nH]c(=O)c(=O)nc1SCCCN. The number of nitrogens with two attached hydrogens (primary N) is 1. The van der Waals surface area contributed by atoms with E-state index in [9.17, 15) is 9.59 Å². The van der Waals surface area contributed by atoms with E-state index in [1.807, 2.05) is 0 Å². The molecule has 78 valence electrons. The van der Waals surface area contributed by atoms with Crippen LogP contribution in [0.4, 0.5) is 0 Å². The van der Waals surface area contributed by atoms with Gasteiger partial charge in [0.25, 0.3) is 0 Å². The van der Waals surface area contributed by atoms with Crippen LogP contribution in [0.2, 0.25) is 0 Å². The largest absolute Gasteiger partial charge is 0.339 e. The second kappa shape index (κ2) is 4.97. The normalized spacial score (nSPS) is 10.4. The number of thioether (sulfide) groups is 1. The number of aryl methyl sites for hydroxylation is 1. The second-order valence-corrected chi connectivity index (χ2v) is 3.75. The molecule has 14 heavy (non-hydrogen) atoms. The number of hydrogen-bond donors (Lipinski definition) is 2. The fourth-order valence-corrected chi connectivity index (χ4v) is 1.72. The summed E-state index contributed by atoms with van der Waals surface area (Å²) in [5.41, 5.74) is 3.87. The topological polar surface area (TPSA) is 93.8 Å². The Morgan fingerprint density at radius 1 is 1.57 bits per heavy atom. The summed E-state index contributed by atoms with van der Waals surface area (Å²) in [5.74, 6) is 0.781. The van der Waals surface area contributed by atoms with Crippen molar-refractivity contribution < 1.29 is 0 Å². The van der Waals surface area contributed by atoms with Gasteiger partial charge in [0, 0.05) is 12.8 Å². The van der Waals surface area contributed by atoms with Crippen molar-refractivity contribution in [2.45, 2.75) is 11.6 Å². The van der Waals surface area contributed by atoms with Crippen LogP contribution in [0.5, 0.6) is 0 Å². The standard InChI is InChI=1S/C7H12N4O2S/c1-11-7(14-4-2-3-8)9-5(12)6(13)10-11/h2-4,8H2,1H3,(H,10,13). The Hall–Kier alpha value is -1.08. The van der Waals surface area contributed by atoms with Gasteiger partial charge in [-0.15, -0.1) is 0 Å². The first-order valence-electron chi connectivity index (χ1n) is 4.15. The Morgan fingerprint density at radius 2 is 2.29 bits per heavy atom. The van der Waals surface area contributed by atoms with Crippen molar-refractivity contribution in [1.29, 1.82) is 0 Å². The van der Waals surface area contributed by atoms with E-state index in [2.05, 4.69) is 10.1 Å². The van der Waals surface area contributed by atoms with Crippen molar-refractivity contribution in [2.24, 2.45) is 12.8 Å². The van der Waals surface area contributed by atoms with Gasteiger partial charge in [0.05, 0.1) is 0 Å². The molecule has 1 aromatic rings. The first-order valence-corrected chi connectivity index (χ1v) is 5.14. The molecule has 0 atom stereocenters. The summed E-state index contributed by atoms with van der Waals surface area (Å²) < 4.78 is 1.44. The van der Waals surface area contributed by atoms with E-state index in [1.54, 1.807) is 7.05 Å². The molecule has 0 radical (unpaired) electrons. The number of nitrogens with zero attached hydrogens (tertiary/aromatic N) is 2. The molecule has 0 aromatic carbocycles. The fraction of sp³-hybridized carbons (Fsp3) is 0.571. The summed E-state index contributed by atoms with van der Waals surface area (Å²) in [6.07, 6.45) is 0.847. The average Bonchev–Trinajstić information content (AvgIpc) is 2.14. The number of aromatic amines is 1. The second-order valence-electron chi connectivity index (χ2n) is 2.69. The van der Waals surface area contributed by atoms with Crippen molar-refractivity contribution in [2.75, 3.05) is 12.3 Å². The number of rotatable bonds is 4. The lowest BCUT2D eigenvalue weighted by Crippen LogP contribution is -2.33. The number of aromatic nitrogens is 3. The third kappa shape index (κ3) is 2.71. The van der Waals surface area contributed by atoms with E-state index < -0.39 is 11.1 Å². The van der Waals surface area contributed by atoms with Gasteiger partial charge >= 0.3 is 11.1 Å². The minimum atomic E-state index is -0.752. The highest BCUT2D eigenvalue weighted by atomic mass is 32.2. The molecular formula is C7H12N4O2S. The van der Waals surface area contributed by atoms with Crippen LogP contribution in [0, 0.1) is 0 Å². The Balaban J connectivity index is 2.82. The third-order valence-corrected chi connectivity index (χ3v) is 2.64. The van der Waals surface area contributed by atoms with Gasteiger partial charge in [0.2, 0.25) is 0 Å². The van der Waals surface area contributed by atoms with Gasteiger partial charge in [0.1, 0.15) is 0 Å². The summed E-state index contributed by atoms with van der Waals surface area (Å²) in [6.45, 7) is 0.601. The molecule has 0 fully saturated rings. The van der Waals surface area contributed by atoms with Crippen LogP contribution in [0.1, 0.15) is 6.42 Å². The third-order valence-electron chi connectivity index (χ3n) is 1.53. The van der Waals surface area contributed by atoms with Gasteiger partial charge in [-0.25, -0.2) is 0 Å². The van der Waals surface area contributed by atoms with Crippen LogP contribution < -0.4 is 16.9 Å².